The molecule has 3 amide bonds. The van der Waals surface area contributed by atoms with Gasteiger partial charge in [0.15, 0.2) is 5.82 Å². The van der Waals surface area contributed by atoms with Gasteiger partial charge in [-0.15, -0.1) is 23.2 Å². The highest BCUT2D eigenvalue weighted by Gasteiger charge is 2.56. The van der Waals surface area contributed by atoms with E-state index in [-0.39, 0.29) is 22.8 Å². The summed E-state index contributed by atoms with van der Waals surface area (Å²) in [5.74, 6) is -4.04. The number of anilines is 3. The van der Waals surface area contributed by atoms with Crippen LogP contribution in [0, 0.1) is 17.6 Å². The summed E-state index contributed by atoms with van der Waals surface area (Å²) in [6.45, 7) is 6.28. The van der Waals surface area contributed by atoms with Crippen LogP contribution in [0.15, 0.2) is 30.3 Å². The molecule has 2 aromatic rings. The van der Waals surface area contributed by atoms with E-state index in [0.717, 1.165) is 17.0 Å². The molecular weight excluding hydrogens is 539 g/mol. The van der Waals surface area contributed by atoms with Gasteiger partial charge in [0.25, 0.3) is 5.91 Å². The van der Waals surface area contributed by atoms with E-state index in [2.05, 4.69) is 10.6 Å². The molecule has 0 aliphatic heterocycles. The van der Waals surface area contributed by atoms with Gasteiger partial charge in [0.1, 0.15) is 21.4 Å². The summed E-state index contributed by atoms with van der Waals surface area (Å²) in [5, 5.41) is 4.95. The highest BCUT2D eigenvalue weighted by Crippen LogP contribution is 2.53. The zero-order chi connectivity index (χ0) is 27.0. The Morgan fingerprint density at radius 1 is 1.14 bits per heavy atom. The van der Waals surface area contributed by atoms with Crippen LogP contribution in [-0.2, 0) is 9.53 Å². The van der Waals surface area contributed by atoms with Gasteiger partial charge in [-0.2, -0.15) is 0 Å². The van der Waals surface area contributed by atoms with E-state index in [1.54, 1.807) is 20.8 Å². The van der Waals surface area contributed by atoms with Crippen molar-refractivity contribution in [2.45, 2.75) is 44.1 Å². The first kappa shape index (κ1) is 28.0. The standard InChI is InChI=1S/C24H24Cl3F2N3O4/c1-5-32(22(35)36-23(2,3)4)19-16(28)8-9-17(18(19)29)31-20(33)13-10-12(6-7-15(13)25)30-21(34)14-11-24(14,26)27/h6-10,14H,5,11H2,1-4H3,(H,30,34)(H,31,33). The number of alkyl halides is 2. The molecule has 2 aromatic carbocycles. The molecule has 0 aromatic heterocycles. The second-order valence-electron chi connectivity index (χ2n) is 9.14. The Balaban J connectivity index is 1.85. The number of nitrogens with zero attached hydrogens (tertiary/aromatic N) is 1. The summed E-state index contributed by atoms with van der Waals surface area (Å²) < 4.78 is 34.1. The average molecular weight is 563 g/mol. The Hall–Kier alpha value is -2.62. The number of nitrogens with one attached hydrogen (secondary N) is 2. The molecule has 12 heteroatoms. The maximum absolute atomic E-state index is 15.3. The van der Waals surface area contributed by atoms with Gasteiger partial charge in [-0.1, -0.05) is 11.6 Å². The topological polar surface area (TPSA) is 87.7 Å². The van der Waals surface area contributed by atoms with Crippen molar-refractivity contribution in [3.05, 3.63) is 52.6 Å². The molecule has 1 saturated carbocycles. The van der Waals surface area contributed by atoms with Crippen LogP contribution in [0.3, 0.4) is 0 Å². The van der Waals surface area contributed by atoms with E-state index >= 15 is 4.39 Å². The van der Waals surface area contributed by atoms with Gasteiger partial charge >= 0.3 is 6.09 Å². The van der Waals surface area contributed by atoms with Crippen LogP contribution in [0.25, 0.3) is 0 Å². The molecule has 194 valence electrons. The summed E-state index contributed by atoms with van der Waals surface area (Å²) in [4.78, 5) is 38.5. The van der Waals surface area contributed by atoms with Crippen molar-refractivity contribution in [3.63, 3.8) is 0 Å². The van der Waals surface area contributed by atoms with Crippen molar-refractivity contribution in [2.75, 3.05) is 22.1 Å². The van der Waals surface area contributed by atoms with Gasteiger partial charge in [-0.3, -0.25) is 14.5 Å². The highest BCUT2D eigenvalue weighted by atomic mass is 35.5. The molecule has 0 heterocycles. The fourth-order valence-electron chi connectivity index (χ4n) is 3.27. The van der Waals surface area contributed by atoms with Crippen molar-refractivity contribution < 1.29 is 27.9 Å². The SMILES string of the molecule is CCN(C(=O)OC(C)(C)C)c1c(F)ccc(NC(=O)c2cc(NC(=O)C3CC3(Cl)Cl)ccc2Cl)c1F. The van der Waals surface area contributed by atoms with Gasteiger partial charge < -0.3 is 15.4 Å². The maximum Gasteiger partial charge on any atom is 0.414 e. The molecule has 1 aliphatic carbocycles. The third-order valence-corrected chi connectivity index (χ3v) is 6.30. The van der Waals surface area contributed by atoms with Crippen molar-refractivity contribution in [3.8, 4) is 0 Å². The normalized spacial score (nSPS) is 16.2. The number of hydrogen-bond acceptors (Lipinski definition) is 4. The summed E-state index contributed by atoms with van der Waals surface area (Å²) >= 11 is 18.0. The number of hydrogen-bond donors (Lipinski definition) is 2. The van der Waals surface area contributed by atoms with Crippen molar-refractivity contribution in [1.29, 1.82) is 0 Å². The predicted molar refractivity (Wildman–Crippen MR) is 136 cm³/mol. The first-order valence-electron chi connectivity index (χ1n) is 10.9. The predicted octanol–water partition coefficient (Wildman–Crippen LogP) is 6.76. The number of carbonyl (C=O) groups is 3. The molecule has 1 atom stereocenters. The summed E-state index contributed by atoms with van der Waals surface area (Å²) in [6.07, 6.45) is -0.654. The monoisotopic (exact) mass is 561 g/mol. The zero-order valence-electron chi connectivity index (χ0n) is 19.8. The average Bonchev–Trinajstić information content (AvgIpc) is 3.41. The molecule has 1 unspecified atom stereocenters. The van der Waals surface area contributed by atoms with Crippen LogP contribution in [0.2, 0.25) is 5.02 Å². The van der Waals surface area contributed by atoms with Crippen LogP contribution in [-0.4, -0.2) is 34.4 Å². The summed E-state index contributed by atoms with van der Waals surface area (Å²) in [5.41, 5.74) is -1.80. The van der Waals surface area contributed by atoms with Crippen LogP contribution >= 0.6 is 34.8 Å². The number of carbonyl (C=O) groups excluding carboxylic acids is 3. The summed E-state index contributed by atoms with van der Waals surface area (Å²) in [6, 6.07) is 6.08. The van der Waals surface area contributed by atoms with Crippen LogP contribution in [0.4, 0.5) is 30.6 Å². The smallest absolute Gasteiger partial charge is 0.414 e. The molecule has 36 heavy (non-hydrogen) atoms. The van der Waals surface area contributed by atoms with Gasteiger partial charge in [0, 0.05) is 12.2 Å². The van der Waals surface area contributed by atoms with E-state index in [1.165, 1.54) is 25.1 Å². The third-order valence-electron chi connectivity index (χ3n) is 5.14. The quantitative estimate of drug-likeness (QED) is 0.381. The number of amides is 3. The van der Waals surface area contributed by atoms with Gasteiger partial charge in [-0.25, -0.2) is 13.6 Å². The van der Waals surface area contributed by atoms with Crippen molar-refractivity contribution in [2.24, 2.45) is 5.92 Å². The molecule has 7 nitrogen and oxygen atoms in total. The first-order chi connectivity index (χ1) is 16.6. The second kappa shape index (κ2) is 10.4. The van der Waals surface area contributed by atoms with E-state index in [0.29, 0.717) is 6.42 Å². The lowest BCUT2D eigenvalue weighted by atomic mass is 10.1. The fraction of sp³-hybridized carbons (Fsp3) is 0.375. The Labute approximate surface area is 222 Å². The van der Waals surface area contributed by atoms with Gasteiger partial charge in [0.2, 0.25) is 5.91 Å². The molecule has 0 bridgehead atoms. The molecular formula is C24H24Cl3F2N3O4. The van der Waals surface area contributed by atoms with Crippen LogP contribution < -0.4 is 15.5 Å². The van der Waals surface area contributed by atoms with E-state index in [1.807, 2.05) is 0 Å². The molecule has 0 radical (unpaired) electrons. The van der Waals surface area contributed by atoms with Crippen molar-refractivity contribution in [1.82, 2.24) is 0 Å². The minimum atomic E-state index is -1.18. The lowest BCUT2D eigenvalue weighted by molar-refractivity contribution is -0.117. The second-order valence-corrected chi connectivity index (χ2v) is 11.1. The molecule has 1 fully saturated rings. The number of benzene rings is 2. The van der Waals surface area contributed by atoms with E-state index in [9.17, 15) is 18.8 Å². The van der Waals surface area contributed by atoms with Crippen LogP contribution in [0.5, 0.6) is 0 Å². The Morgan fingerprint density at radius 2 is 1.78 bits per heavy atom. The largest absolute Gasteiger partial charge is 0.443 e. The Morgan fingerprint density at radius 3 is 2.33 bits per heavy atom. The van der Waals surface area contributed by atoms with Gasteiger partial charge in [0.05, 0.1) is 22.2 Å². The lowest BCUT2D eigenvalue weighted by Gasteiger charge is -2.27. The highest BCUT2D eigenvalue weighted by molar-refractivity contribution is 6.52. The molecule has 2 N–H and O–H groups in total. The first-order valence-corrected chi connectivity index (χ1v) is 12.1. The number of rotatable bonds is 6. The minimum Gasteiger partial charge on any atom is -0.443 e. The Kier molecular flexibility index (Phi) is 8.07. The molecule has 3 rings (SSSR count). The van der Waals surface area contributed by atoms with Gasteiger partial charge in [-0.05, 0) is 64.4 Å². The Bertz CT molecular complexity index is 1220. The maximum atomic E-state index is 15.3. The van der Waals surface area contributed by atoms with E-state index in [4.69, 9.17) is 39.5 Å². The number of ether oxygens (including phenoxy) is 1. The van der Waals surface area contributed by atoms with Crippen molar-refractivity contribution >= 4 is 69.8 Å². The lowest BCUT2D eigenvalue weighted by Crippen LogP contribution is -2.38. The third kappa shape index (κ3) is 6.38. The number of halogens is 5. The van der Waals surface area contributed by atoms with Crippen LogP contribution in [0.1, 0.15) is 44.5 Å². The fourth-order valence-corrected chi connectivity index (χ4v) is 3.98. The minimum absolute atomic E-state index is 0.0210. The molecule has 0 spiro atoms. The molecule has 0 saturated heterocycles. The van der Waals surface area contributed by atoms with E-state index < -0.39 is 56.8 Å². The summed E-state index contributed by atoms with van der Waals surface area (Å²) in [7, 11) is 0. The molecule has 1 aliphatic rings. The zero-order valence-corrected chi connectivity index (χ0v) is 22.1.